The Morgan fingerprint density at radius 1 is 1.30 bits per heavy atom. The number of hydrogen-bond acceptors (Lipinski definition) is 4. The van der Waals surface area contributed by atoms with Crippen LogP contribution in [0.1, 0.15) is 0 Å². The van der Waals surface area contributed by atoms with Crippen LogP contribution in [0.15, 0.2) is 0 Å². The van der Waals surface area contributed by atoms with Crippen molar-refractivity contribution in [3.8, 4) is 0 Å². The zero-order valence-corrected chi connectivity index (χ0v) is 5.54. The second kappa shape index (κ2) is 4.15. The van der Waals surface area contributed by atoms with Crippen molar-refractivity contribution in [3.63, 3.8) is 0 Å². The first kappa shape index (κ1) is 13.6. The first-order valence-corrected chi connectivity index (χ1v) is 4.34. The Kier molecular flexibility index (Phi) is 5.64. The molecule has 0 aliphatic carbocycles. The van der Waals surface area contributed by atoms with Crippen molar-refractivity contribution >= 4 is 47.8 Å². The molecule has 0 amide bonds. The van der Waals surface area contributed by atoms with E-state index >= 15 is 0 Å². The van der Waals surface area contributed by atoms with E-state index < -0.39 is 18.2 Å². The predicted octanol–water partition coefficient (Wildman–Crippen LogP) is -1.75. The van der Waals surface area contributed by atoms with Crippen LogP contribution >= 0.6 is 7.82 Å². The van der Waals surface area contributed by atoms with Gasteiger partial charge in [0.2, 0.25) is 0 Å². The summed E-state index contributed by atoms with van der Waals surface area (Å²) in [4.78, 5) is 15.4. The normalized spacial score (nSPS) is 12.3. The molecule has 0 aromatic heterocycles. The SMILES string of the molecule is O=P(O)(O)OS(=O)(=O)O.[NaH]. The number of rotatable bonds is 2. The molecular formula is H4NaO7PS. The van der Waals surface area contributed by atoms with Gasteiger partial charge in [0, 0.05) is 0 Å². The molecule has 10 heteroatoms. The summed E-state index contributed by atoms with van der Waals surface area (Å²) in [6.07, 6.45) is 0. The van der Waals surface area contributed by atoms with Crippen LogP contribution in [-0.4, -0.2) is 52.3 Å². The van der Waals surface area contributed by atoms with Gasteiger partial charge in [0.25, 0.3) is 0 Å². The van der Waals surface area contributed by atoms with Crippen LogP contribution in [0, 0.1) is 0 Å². The quantitative estimate of drug-likeness (QED) is 0.275. The fraction of sp³-hybridized carbons (Fsp3) is 0. The molecule has 0 saturated carbocycles. The zero-order chi connectivity index (χ0) is 7.71. The molecule has 0 aromatic carbocycles. The molecular weight excluding hydrogens is 198 g/mol. The average molecular weight is 202 g/mol. The van der Waals surface area contributed by atoms with E-state index in [-0.39, 0.29) is 29.6 Å². The van der Waals surface area contributed by atoms with Crippen molar-refractivity contribution in [2.45, 2.75) is 0 Å². The third-order valence-corrected chi connectivity index (χ3v) is 1.72. The van der Waals surface area contributed by atoms with Crippen LogP contribution in [0.25, 0.3) is 0 Å². The Hall–Kier alpha value is 1.02. The predicted molar refractivity (Wildman–Crippen MR) is 31.8 cm³/mol. The van der Waals surface area contributed by atoms with Gasteiger partial charge in [-0.25, -0.2) is 4.57 Å². The molecule has 0 fully saturated rings. The third kappa shape index (κ3) is 11.8. The summed E-state index contributed by atoms with van der Waals surface area (Å²) in [5, 5.41) is 0. The van der Waals surface area contributed by atoms with Crippen LogP contribution < -0.4 is 0 Å². The topological polar surface area (TPSA) is 121 Å². The Labute approximate surface area is 78.9 Å². The first-order valence-electron chi connectivity index (χ1n) is 1.45. The third-order valence-electron chi connectivity index (χ3n) is 0.191. The molecule has 0 radical (unpaired) electrons. The van der Waals surface area contributed by atoms with E-state index in [0.717, 1.165) is 0 Å². The summed E-state index contributed by atoms with van der Waals surface area (Å²) in [5.74, 6) is 0. The van der Waals surface area contributed by atoms with Gasteiger partial charge in [-0.1, -0.05) is 0 Å². The van der Waals surface area contributed by atoms with E-state index in [1.54, 1.807) is 0 Å². The van der Waals surface area contributed by atoms with Crippen LogP contribution in [0.5, 0.6) is 0 Å². The van der Waals surface area contributed by atoms with Gasteiger partial charge < -0.3 is 9.79 Å². The minimum atomic E-state index is -5.13. The van der Waals surface area contributed by atoms with Crippen LogP contribution in [-0.2, 0) is 18.9 Å². The van der Waals surface area contributed by atoms with Gasteiger partial charge in [-0.3, -0.25) is 4.55 Å². The van der Waals surface area contributed by atoms with E-state index in [4.69, 9.17) is 14.3 Å². The first-order chi connectivity index (χ1) is 3.71. The number of hydrogen-bond donors (Lipinski definition) is 3. The molecule has 0 rings (SSSR count). The number of phosphoric acid groups is 1. The molecule has 0 aliphatic heterocycles. The molecule has 58 valence electrons. The average Bonchev–Trinajstić information content (AvgIpc) is 1.14. The molecule has 3 N–H and O–H groups in total. The second-order valence-electron chi connectivity index (χ2n) is 0.993. The van der Waals surface area contributed by atoms with Gasteiger partial charge in [-0.15, -0.1) is 3.97 Å². The van der Waals surface area contributed by atoms with E-state index in [0.29, 0.717) is 0 Å². The second-order valence-corrected chi connectivity index (χ2v) is 3.43. The Morgan fingerprint density at radius 2 is 1.60 bits per heavy atom. The Morgan fingerprint density at radius 3 is 1.60 bits per heavy atom. The van der Waals surface area contributed by atoms with Crippen molar-refractivity contribution in [2.75, 3.05) is 0 Å². The van der Waals surface area contributed by atoms with E-state index in [2.05, 4.69) is 3.97 Å². The van der Waals surface area contributed by atoms with Crippen molar-refractivity contribution in [2.24, 2.45) is 0 Å². The molecule has 0 aliphatic rings. The fourth-order valence-corrected chi connectivity index (χ4v) is 1.10. The molecule has 0 spiro atoms. The maximum absolute atomic E-state index is 9.58. The zero-order valence-electron chi connectivity index (χ0n) is 3.83. The summed E-state index contributed by atoms with van der Waals surface area (Å²) in [7, 11) is -10.2. The van der Waals surface area contributed by atoms with Gasteiger partial charge in [0.15, 0.2) is 0 Å². The van der Waals surface area contributed by atoms with Gasteiger partial charge >= 0.3 is 47.8 Å². The summed E-state index contributed by atoms with van der Waals surface area (Å²) in [6.45, 7) is 0. The monoisotopic (exact) mass is 202 g/mol. The minimum absolute atomic E-state index is 0. The van der Waals surface area contributed by atoms with Gasteiger partial charge in [0.1, 0.15) is 0 Å². The van der Waals surface area contributed by atoms with Crippen LogP contribution in [0.4, 0.5) is 0 Å². The molecule has 0 heterocycles. The summed E-state index contributed by atoms with van der Waals surface area (Å²) >= 11 is 0. The van der Waals surface area contributed by atoms with Crippen LogP contribution in [0.2, 0.25) is 0 Å². The van der Waals surface area contributed by atoms with Crippen molar-refractivity contribution in [1.82, 2.24) is 0 Å². The summed E-state index contributed by atoms with van der Waals surface area (Å²) in [5.41, 5.74) is 0. The van der Waals surface area contributed by atoms with Crippen molar-refractivity contribution in [3.05, 3.63) is 0 Å². The van der Waals surface area contributed by atoms with Gasteiger partial charge in [0.05, 0.1) is 0 Å². The van der Waals surface area contributed by atoms with Crippen molar-refractivity contribution < 1.29 is 31.3 Å². The molecule has 0 saturated heterocycles. The molecule has 10 heavy (non-hydrogen) atoms. The van der Waals surface area contributed by atoms with Crippen molar-refractivity contribution in [1.29, 1.82) is 0 Å². The summed E-state index contributed by atoms with van der Waals surface area (Å²) < 4.78 is 39.0. The molecule has 0 aromatic rings. The van der Waals surface area contributed by atoms with E-state index in [1.807, 2.05) is 0 Å². The Bertz CT molecular complexity index is 220. The molecule has 0 atom stereocenters. The maximum atomic E-state index is 9.58. The molecule has 7 nitrogen and oxygen atoms in total. The standard InChI is InChI=1S/Na.H3O7PS.H/c;1-8(2,3)7-9(4,5)6;/h;(H2,1,2,3)(H,4,5,6);. The Balaban J connectivity index is 0. The van der Waals surface area contributed by atoms with Gasteiger partial charge in [-0.2, -0.15) is 8.42 Å². The van der Waals surface area contributed by atoms with Gasteiger partial charge in [-0.05, 0) is 0 Å². The van der Waals surface area contributed by atoms with Crippen LogP contribution in [0.3, 0.4) is 0 Å². The summed E-state index contributed by atoms with van der Waals surface area (Å²) in [6, 6.07) is 0. The van der Waals surface area contributed by atoms with E-state index in [1.165, 1.54) is 0 Å². The fourth-order valence-electron chi connectivity index (χ4n) is 0.123. The molecule has 0 unspecified atom stereocenters. The van der Waals surface area contributed by atoms with E-state index in [9.17, 15) is 13.0 Å². The molecule has 0 bridgehead atoms.